The van der Waals surface area contributed by atoms with Crippen molar-refractivity contribution in [1.82, 2.24) is 10.4 Å². The Morgan fingerprint density at radius 3 is 2.45 bits per heavy atom. The summed E-state index contributed by atoms with van der Waals surface area (Å²) < 4.78 is 7.64. The lowest BCUT2D eigenvalue weighted by Crippen LogP contribution is -2.17. The van der Waals surface area contributed by atoms with Gasteiger partial charge in [-0.1, -0.05) is 37.9 Å². The Labute approximate surface area is 191 Å². The van der Waals surface area contributed by atoms with E-state index in [1.807, 2.05) is 6.07 Å². The Kier molecular flexibility index (Phi) is 7.29. The fourth-order valence-corrected chi connectivity index (χ4v) is 4.02. The second-order valence-corrected chi connectivity index (χ2v) is 8.33. The molecule has 6 nitrogen and oxygen atoms in total. The summed E-state index contributed by atoms with van der Waals surface area (Å²) in [7, 11) is 0. The third kappa shape index (κ3) is 5.81. The predicted octanol–water partition coefficient (Wildman–Crippen LogP) is 5.35. The van der Waals surface area contributed by atoms with E-state index >= 15 is 0 Å². The van der Waals surface area contributed by atoms with Crippen molar-refractivity contribution >= 4 is 65.9 Å². The minimum atomic E-state index is -0.523. The maximum Gasteiger partial charge on any atom is 0.343 e. The van der Waals surface area contributed by atoms with Gasteiger partial charge in [-0.25, -0.2) is 10.2 Å². The minimum Gasteiger partial charge on any atom is -0.421 e. The monoisotopic (exact) mass is 579 g/mol. The van der Waals surface area contributed by atoms with E-state index in [9.17, 15) is 9.59 Å². The summed E-state index contributed by atoms with van der Waals surface area (Å²) in [6.07, 6.45) is 4.44. The van der Waals surface area contributed by atoms with Crippen LogP contribution in [0.1, 0.15) is 26.3 Å². The van der Waals surface area contributed by atoms with Crippen LogP contribution in [-0.2, 0) is 0 Å². The highest BCUT2D eigenvalue weighted by Gasteiger charge is 2.15. The second-order valence-electron chi connectivity index (χ2n) is 5.64. The van der Waals surface area contributed by atoms with E-state index in [0.717, 1.165) is 8.95 Å². The van der Waals surface area contributed by atoms with Crippen LogP contribution in [0.25, 0.3) is 0 Å². The zero-order valence-corrected chi connectivity index (χ0v) is 19.4. The fraction of sp³-hybridized carbons (Fsp3) is 0. The Morgan fingerprint density at radius 1 is 0.966 bits per heavy atom. The van der Waals surface area contributed by atoms with Crippen LogP contribution in [0.3, 0.4) is 0 Å². The smallest absolute Gasteiger partial charge is 0.343 e. The molecule has 0 radical (unpaired) electrons. The molecular weight excluding hydrogens is 570 g/mol. The molecule has 1 amide bonds. The molecule has 2 aromatic carbocycles. The van der Waals surface area contributed by atoms with Crippen LogP contribution in [-0.4, -0.2) is 23.1 Å². The maximum absolute atomic E-state index is 12.5. The van der Waals surface area contributed by atoms with Gasteiger partial charge in [-0.3, -0.25) is 9.78 Å². The molecular formula is C20H12Br3N3O3. The third-order valence-corrected chi connectivity index (χ3v) is 5.14. The van der Waals surface area contributed by atoms with Gasteiger partial charge in [-0.05, 0) is 58.4 Å². The number of nitrogens with zero attached hydrogens (tertiary/aromatic N) is 2. The van der Waals surface area contributed by atoms with E-state index in [0.29, 0.717) is 21.2 Å². The van der Waals surface area contributed by atoms with Gasteiger partial charge in [0.15, 0.2) is 5.75 Å². The first-order valence-corrected chi connectivity index (χ1v) is 10.5. The van der Waals surface area contributed by atoms with E-state index in [1.165, 1.54) is 18.6 Å². The summed E-state index contributed by atoms with van der Waals surface area (Å²) in [6, 6.07) is 13.5. The second kappa shape index (κ2) is 9.91. The molecule has 1 aromatic heterocycles. The molecule has 1 heterocycles. The highest BCUT2D eigenvalue weighted by Crippen LogP contribution is 2.32. The fourth-order valence-electron chi connectivity index (χ4n) is 2.28. The van der Waals surface area contributed by atoms with Crippen molar-refractivity contribution in [2.45, 2.75) is 0 Å². The van der Waals surface area contributed by atoms with Gasteiger partial charge in [-0.15, -0.1) is 0 Å². The van der Waals surface area contributed by atoms with Crippen molar-refractivity contribution in [1.29, 1.82) is 0 Å². The minimum absolute atomic E-state index is 0.278. The maximum atomic E-state index is 12.5. The zero-order chi connectivity index (χ0) is 20.8. The molecule has 0 fully saturated rings. The Hall–Kier alpha value is -2.36. The molecule has 1 N–H and O–H groups in total. The van der Waals surface area contributed by atoms with E-state index in [-0.39, 0.29) is 11.7 Å². The molecule has 146 valence electrons. The number of nitrogens with one attached hydrogen (secondary N) is 1. The average Bonchev–Trinajstić information content (AvgIpc) is 2.71. The molecule has 0 bridgehead atoms. The average molecular weight is 582 g/mol. The number of benzene rings is 2. The Morgan fingerprint density at radius 2 is 1.72 bits per heavy atom. The van der Waals surface area contributed by atoms with Crippen LogP contribution in [0.2, 0.25) is 0 Å². The number of pyridine rings is 1. The number of halogens is 3. The van der Waals surface area contributed by atoms with Crippen molar-refractivity contribution in [2.24, 2.45) is 5.10 Å². The van der Waals surface area contributed by atoms with Crippen LogP contribution in [0.5, 0.6) is 5.75 Å². The largest absolute Gasteiger partial charge is 0.421 e. The molecule has 0 aliphatic rings. The number of rotatable bonds is 5. The Bertz CT molecular complexity index is 1090. The van der Waals surface area contributed by atoms with E-state index in [4.69, 9.17) is 4.74 Å². The van der Waals surface area contributed by atoms with Gasteiger partial charge in [0.05, 0.1) is 16.3 Å². The van der Waals surface area contributed by atoms with Gasteiger partial charge in [0.1, 0.15) is 0 Å². The summed E-state index contributed by atoms with van der Waals surface area (Å²) in [5.74, 6) is -0.629. The molecule has 0 aliphatic heterocycles. The topological polar surface area (TPSA) is 80.6 Å². The summed E-state index contributed by atoms with van der Waals surface area (Å²) >= 11 is 10.1. The lowest BCUT2D eigenvalue weighted by Gasteiger charge is -2.11. The lowest BCUT2D eigenvalue weighted by molar-refractivity contribution is 0.0732. The third-order valence-electron chi connectivity index (χ3n) is 3.60. The molecule has 0 spiro atoms. The van der Waals surface area contributed by atoms with Gasteiger partial charge in [0, 0.05) is 32.5 Å². The lowest BCUT2D eigenvalue weighted by atomic mass is 10.2. The normalized spacial score (nSPS) is 10.7. The van der Waals surface area contributed by atoms with Crippen LogP contribution in [0, 0.1) is 0 Å². The van der Waals surface area contributed by atoms with Crippen LogP contribution in [0.15, 0.2) is 79.4 Å². The Balaban J connectivity index is 1.81. The van der Waals surface area contributed by atoms with Crippen molar-refractivity contribution in [3.63, 3.8) is 0 Å². The highest BCUT2D eigenvalue weighted by atomic mass is 79.9. The van der Waals surface area contributed by atoms with E-state index < -0.39 is 5.97 Å². The predicted molar refractivity (Wildman–Crippen MR) is 120 cm³/mol. The number of carbonyl (C=O) groups excluding carboxylic acids is 2. The number of hydrogen-bond acceptors (Lipinski definition) is 5. The van der Waals surface area contributed by atoms with Crippen molar-refractivity contribution in [3.8, 4) is 5.75 Å². The number of esters is 1. The molecule has 3 rings (SSSR count). The standard InChI is InChI=1S/C20H12Br3N3O3/c21-15-3-1-2-13(8-15)20(28)29-18-14(9-16(22)10-17(18)23)11-25-26-19(27)12-4-6-24-7-5-12/h1-11H,(H,26,27). The SMILES string of the molecule is O=C(NN=Cc1cc(Br)cc(Br)c1OC(=O)c1cccc(Br)c1)c1ccncc1. The van der Waals surface area contributed by atoms with E-state index in [2.05, 4.69) is 63.3 Å². The van der Waals surface area contributed by atoms with Crippen molar-refractivity contribution in [3.05, 3.63) is 91.0 Å². The summed E-state index contributed by atoms with van der Waals surface area (Å²) in [4.78, 5) is 28.5. The number of carbonyl (C=O) groups is 2. The van der Waals surface area contributed by atoms with E-state index in [1.54, 1.807) is 42.5 Å². The molecule has 0 aliphatic carbocycles. The first-order valence-electron chi connectivity index (χ1n) is 8.14. The van der Waals surface area contributed by atoms with Gasteiger partial charge in [0.25, 0.3) is 5.91 Å². The van der Waals surface area contributed by atoms with Crippen molar-refractivity contribution < 1.29 is 14.3 Å². The highest BCUT2D eigenvalue weighted by molar-refractivity contribution is 9.11. The van der Waals surface area contributed by atoms with Gasteiger partial charge < -0.3 is 4.74 Å². The molecule has 3 aromatic rings. The number of aromatic nitrogens is 1. The molecule has 0 saturated carbocycles. The summed E-state index contributed by atoms with van der Waals surface area (Å²) in [5, 5.41) is 3.97. The van der Waals surface area contributed by atoms with Crippen LogP contribution < -0.4 is 10.2 Å². The quantitative estimate of drug-likeness (QED) is 0.191. The number of hydrogen-bond donors (Lipinski definition) is 1. The molecule has 0 atom stereocenters. The first kappa shape index (κ1) is 21.4. The number of amides is 1. The molecule has 0 unspecified atom stereocenters. The van der Waals surface area contributed by atoms with Crippen LogP contribution >= 0.6 is 47.8 Å². The molecule has 29 heavy (non-hydrogen) atoms. The number of hydrazone groups is 1. The van der Waals surface area contributed by atoms with Gasteiger partial charge in [-0.2, -0.15) is 5.10 Å². The summed E-state index contributed by atoms with van der Waals surface area (Å²) in [5.41, 5.74) is 3.74. The van der Waals surface area contributed by atoms with Gasteiger partial charge in [0.2, 0.25) is 0 Å². The van der Waals surface area contributed by atoms with Crippen molar-refractivity contribution in [2.75, 3.05) is 0 Å². The molecule has 9 heteroatoms. The first-order chi connectivity index (χ1) is 13.9. The van der Waals surface area contributed by atoms with Gasteiger partial charge >= 0.3 is 5.97 Å². The summed E-state index contributed by atoms with van der Waals surface area (Å²) in [6.45, 7) is 0. The molecule has 0 saturated heterocycles. The van der Waals surface area contributed by atoms with Crippen LogP contribution in [0.4, 0.5) is 0 Å². The zero-order valence-electron chi connectivity index (χ0n) is 14.6. The number of ether oxygens (including phenoxy) is 1.